The zero-order chi connectivity index (χ0) is 13.9. The van der Waals surface area contributed by atoms with Crippen molar-refractivity contribution in [1.29, 1.82) is 0 Å². The van der Waals surface area contributed by atoms with E-state index in [4.69, 9.17) is 10.5 Å². The van der Waals surface area contributed by atoms with E-state index in [-0.39, 0.29) is 5.43 Å². The molecule has 0 saturated heterocycles. The van der Waals surface area contributed by atoms with Crippen molar-refractivity contribution in [2.75, 3.05) is 5.73 Å². The fourth-order valence-corrected chi connectivity index (χ4v) is 2.08. The second-order valence-corrected chi connectivity index (χ2v) is 4.57. The fraction of sp³-hybridized carbons (Fsp3) is 0.0625. The van der Waals surface area contributed by atoms with Gasteiger partial charge in [-0.05, 0) is 30.3 Å². The quantitative estimate of drug-likeness (QED) is 0.716. The molecule has 4 nitrogen and oxygen atoms in total. The second-order valence-electron chi connectivity index (χ2n) is 4.57. The van der Waals surface area contributed by atoms with Crippen LogP contribution in [-0.2, 0) is 6.61 Å². The maximum Gasteiger partial charge on any atom is 0.189 e. The normalized spacial score (nSPS) is 10.6. The minimum Gasteiger partial charge on any atom is -0.487 e. The van der Waals surface area contributed by atoms with Gasteiger partial charge in [0, 0.05) is 22.7 Å². The van der Waals surface area contributed by atoms with E-state index in [0.29, 0.717) is 17.7 Å². The summed E-state index contributed by atoms with van der Waals surface area (Å²) in [6.07, 6.45) is 0. The second kappa shape index (κ2) is 5.09. The van der Waals surface area contributed by atoms with Gasteiger partial charge in [0.2, 0.25) is 0 Å². The molecule has 100 valence electrons. The number of benzene rings is 2. The first-order chi connectivity index (χ1) is 9.72. The van der Waals surface area contributed by atoms with E-state index in [1.165, 1.54) is 0 Å². The first kappa shape index (κ1) is 12.3. The maximum absolute atomic E-state index is 12.0. The van der Waals surface area contributed by atoms with Crippen LogP contribution in [0.3, 0.4) is 0 Å². The molecule has 0 aliphatic rings. The Morgan fingerprint density at radius 1 is 1.05 bits per heavy atom. The highest BCUT2D eigenvalue weighted by atomic mass is 16.5. The lowest BCUT2D eigenvalue weighted by Gasteiger charge is -2.07. The van der Waals surface area contributed by atoms with E-state index in [0.717, 1.165) is 17.0 Å². The molecule has 0 amide bonds. The number of fused-ring (bicyclic) bond motifs is 1. The maximum atomic E-state index is 12.0. The molecule has 0 spiro atoms. The molecule has 3 aromatic rings. The van der Waals surface area contributed by atoms with Crippen molar-refractivity contribution in [3.05, 3.63) is 70.5 Å². The molecule has 0 saturated carbocycles. The number of ether oxygens (including phenoxy) is 1. The van der Waals surface area contributed by atoms with Gasteiger partial charge >= 0.3 is 0 Å². The van der Waals surface area contributed by atoms with Crippen LogP contribution in [0.5, 0.6) is 5.75 Å². The lowest BCUT2D eigenvalue weighted by molar-refractivity contribution is 0.301. The van der Waals surface area contributed by atoms with Crippen molar-refractivity contribution in [2.45, 2.75) is 6.61 Å². The third-order valence-electron chi connectivity index (χ3n) is 3.05. The highest BCUT2D eigenvalue weighted by Crippen LogP contribution is 2.14. The zero-order valence-electron chi connectivity index (χ0n) is 10.8. The molecule has 0 radical (unpaired) electrons. The molecule has 0 bridgehead atoms. The number of aromatic amines is 1. The highest BCUT2D eigenvalue weighted by molar-refractivity contribution is 5.81. The molecule has 1 heterocycles. The number of anilines is 1. The smallest absolute Gasteiger partial charge is 0.189 e. The summed E-state index contributed by atoms with van der Waals surface area (Å²) >= 11 is 0. The van der Waals surface area contributed by atoms with Gasteiger partial charge < -0.3 is 15.5 Å². The van der Waals surface area contributed by atoms with Crippen LogP contribution >= 0.6 is 0 Å². The topological polar surface area (TPSA) is 68.1 Å². The number of nitrogen functional groups attached to an aromatic ring is 1. The van der Waals surface area contributed by atoms with E-state index in [1.54, 1.807) is 24.3 Å². The molecule has 0 aliphatic heterocycles. The summed E-state index contributed by atoms with van der Waals surface area (Å²) in [6, 6.07) is 16.3. The van der Waals surface area contributed by atoms with E-state index < -0.39 is 0 Å². The Morgan fingerprint density at radius 2 is 1.85 bits per heavy atom. The van der Waals surface area contributed by atoms with E-state index in [1.807, 2.05) is 30.3 Å². The number of hydrogen-bond donors (Lipinski definition) is 2. The molecule has 2 aromatic carbocycles. The minimum atomic E-state index is -0.0577. The number of para-hydroxylation sites is 1. The Labute approximate surface area is 115 Å². The average Bonchev–Trinajstić information content (AvgIpc) is 2.47. The van der Waals surface area contributed by atoms with E-state index >= 15 is 0 Å². The molecule has 0 unspecified atom stereocenters. The summed E-state index contributed by atoms with van der Waals surface area (Å²) in [5.41, 5.74) is 7.71. The molecule has 4 heteroatoms. The number of H-pyrrole nitrogens is 1. The molecule has 3 rings (SSSR count). The number of rotatable bonds is 3. The first-order valence-electron chi connectivity index (χ1n) is 6.32. The Bertz CT molecular complexity index is 794. The summed E-state index contributed by atoms with van der Waals surface area (Å²) in [5, 5.41) is 0.591. The van der Waals surface area contributed by atoms with Crippen LogP contribution < -0.4 is 15.9 Å². The first-order valence-corrected chi connectivity index (χ1v) is 6.32. The van der Waals surface area contributed by atoms with E-state index in [9.17, 15) is 4.79 Å². The van der Waals surface area contributed by atoms with Crippen molar-refractivity contribution in [2.24, 2.45) is 0 Å². The lowest BCUT2D eigenvalue weighted by atomic mass is 10.2. The molecular formula is C16H14N2O2. The number of nitrogens with one attached hydrogen (secondary N) is 1. The highest BCUT2D eigenvalue weighted by Gasteiger charge is 2.03. The summed E-state index contributed by atoms with van der Waals surface area (Å²) in [6.45, 7) is 0.319. The molecule has 0 fully saturated rings. The fourth-order valence-electron chi connectivity index (χ4n) is 2.08. The van der Waals surface area contributed by atoms with Gasteiger partial charge in [0.1, 0.15) is 12.4 Å². The zero-order valence-corrected chi connectivity index (χ0v) is 10.8. The van der Waals surface area contributed by atoms with E-state index in [2.05, 4.69) is 4.98 Å². The van der Waals surface area contributed by atoms with Crippen LogP contribution in [0.1, 0.15) is 5.69 Å². The van der Waals surface area contributed by atoms with Gasteiger partial charge in [0.05, 0.1) is 5.69 Å². The molecular weight excluding hydrogens is 252 g/mol. The van der Waals surface area contributed by atoms with Crippen LogP contribution in [0.2, 0.25) is 0 Å². The molecule has 3 N–H and O–H groups in total. The van der Waals surface area contributed by atoms with Crippen LogP contribution in [-0.4, -0.2) is 4.98 Å². The Morgan fingerprint density at radius 3 is 2.65 bits per heavy atom. The lowest BCUT2D eigenvalue weighted by Crippen LogP contribution is -2.08. The van der Waals surface area contributed by atoms with Crippen LogP contribution in [0.4, 0.5) is 5.69 Å². The predicted octanol–water partition coefficient (Wildman–Crippen LogP) is 2.69. The van der Waals surface area contributed by atoms with Gasteiger partial charge in [0.15, 0.2) is 5.43 Å². The summed E-state index contributed by atoms with van der Waals surface area (Å²) < 4.78 is 5.62. The summed E-state index contributed by atoms with van der Waals surface area (Å²) in [7, 11) is 0. The average molecular weight is 266 g/mol. The monoisotopic (exact) mass is 266 g/mol. The number of pyridine rings is 1. The van der Waals surface area contributed by atoms with Gasteiger partial charge in [-0.25, -0.2) is 0 Å². The van der Waals surface area contributed by atoms with Crippen molar-refractivity contribution < 1.29 is 4.74 Å². The number of hydrogen-bond acceptors (Lipinski definition) is 3. The third-order valence-corrected chi connectivity index (χ3v) is 3.05. The standard InChI is InChI=1S/C16H14N2O2/c17-11-6-7-15-14(8-11)16(19)9-12(18-15)10-20-13-4-2-1-3-5-13/h1-9H,10,17H2,(H,18,19). The van der Waals surface area contributed by atoms with Gasteiger partial charge in [0.25, 0.3) is 0 Å². The van der Waals surface area contributed by atoms with Crippen LogP contribution in [0.15, 0.2) is 59.4 Å². The van der Waals surface area contributed by atoms with Crippen molar-refractivity contribution in [3.8, 4) is 5.75 Å². The SMILES string of the molecule is Nc1ccc2[nH]c(COc3ccccc3)cc(=O)c2c1. The Hall–Kier alpha value is -2.75. The Balaban J connectivity index is 1.89. The number of nitrogens with two attached hydrogens (primary N) is 1. The largest absolute Gasteiger partial charge is 0.487 e. The third kappa shape index (κ3) is 2.49. The number of aromatic nitrogens is 1. The van der Waals surface area contributed by atoms with Crippen LogP contribution in [0, 0.1) is 0 Å². The van der Waals surface area contributed by atoms with Crippen molar-refractivity contribution in [3.63, 3.8) is 0 Å². The summed E-state index contributed by atoms with van der Waals surface area (Å²) in [4.78, 5) is 15.2. The molecule has 0 atom stereocenters. The predicted molar refractivity (Wildman–Crippen MR) is 79.8 cm³/mol. The Kier molecular flexibility index (Phi) is 3.13. The van der Waals surface area contributed by atoms with Crippen molar-refractivity contribution >= 4 is 16.6 Å². The van der Waals surface area contributed by atoms with Gasteiger partial charge in [-0.1, -0.05) is 18.2 Å². The minimum absolute atomic E-state index is 0.0577. The van der Waals surface area contributed by atoms with Gasteiger partial charge in [-0.3, -0.25) is 4.79 Å². The van der Waals surface area contributed by atoms with Gasteiger partial charge in [-0.15, -0.1) is 0 Å². The summed E-state index contributed by atoms with van der Waals surface area (Å²) in [5.74, 6) is 0.769. The van der Waals surface area contributed by atoms with Crippen LogP contribution in [0.25, 0.3) is 10.9 Å². The molecule has 1 aromatic heterocycles. The molecule has 0 aliphatic carbocycles. The molecule has 20 heavy (non-hydrogen) atoms. The van der Waals surface area contributed by atoms with Crippen molar-refractivity contribution in [1.82, 2.24) is 4.98 Å². The van der Waals surface area contributed by atoms with Gasteiger partial charge in [-0.2, -0.15) is 0 Å².